The molecule has 2 heterocycles. The number of anilines is 1. The zero-order valence-electron chi connectivity index (χ0n) is 19.9. The van der Waals surface area contributed by atoms with E-state index in [9.17, 15) is 19.1 Å². The van der Waals surface area contributed by atoms with Gasteiger partial charge in [0.05, 0.1) is 23.4 Å². The molecule has 0 bridgehead atoms. The Morgan fingerprint density at radius 3 is 2.33 bits per heavy atom. The number of carbonyl (C=O) groups is 1. The van der Waals surface area contributed by atoms with Crippen molar-refractivity contribution in [2.75, 3.05) is 11.9 Å². The van der Waals surface area contributed by atoms with E-state index in [1.165, 1.54) is 35.8 Å². The number of nitrogens with zero attached hydrogens (tertiary/aromatic N) is 3. The topological polar surface area (TPSA) is 109 Å². The lowest BCUT2D eigenvalue weighted by Gasteiger charge is -2.25. The average molecular weight is 488 g/mol. The molecule has 184 valence electrons. The van der Waals surface area contributed by atoms with E-state index in [-0.39, 0.29) is 24.0 Å². The lowest BCUT2D eigenvalue weighted by Crippen LogP contribution is -2.39. The summed E-state index contributed by atoms with van der Waals surface area (Å²) in [6.07, 6.45) is 2.17. The van der Waals surface area contributed by atoms with Gasteiger partial charge in [-0.3, -0.25) is 19.1 Å². The summed E-state index contributed by atoms with van der Waals surface area (Å²) in [5.74, 6) is -0.461. The Morgan fingerprint density at radius 2 is 1.69 bits per heavy atom. The first kappa shape index (κ1) is 24.7. The van der Waals surface area contributed by atoms with Gasteiger partial charge in [-0.15, -0.1) is 0 Å². The van der Waals surface area contributed by atoms with Crippen molar-refractivity contribution in [2.24, 2.45) is 7.05 Å². The fourth-order valence-corrected chi connectivity index (χ4v) is 3.95. The van der Waals surface area contributed by atoms with E-state index in [1.54, 1.807) is 31.6 Å². The molecule has 0 fully saturated rings. The minimum Gasteiger partial charge on any atom is -0.389 e. The molecule has 4 rings (SSSR count). The van der Waals surface area contributed by atoms with Gasteiger partial charge in [0.15, 0.2) is 0 Å². The molecule has 3 N–H and O–H groups in total. The second kappa shape index (κ2) is 10.9. The van der Waals surface area contributed by atoms with E-state index in [0.29, 0.717) is 22.4 Å². The summed E-state index contributed by atoms with van der Waals surface area (Å²) < 4.78 is 14.9. The second-order valence-corrected chi connectivity index (χ2v) is 8.30. The zero-order chi connectivity index (χ0) is 25.7. The molecule has 2 atom stereocenters. The highest BCUT2D eigenvalue weighted by atomic mass is 19.1. The number of aromatic nitrogens is 3. The quantitative estimate of drug-likeness (QED) is 0.352. The molecule has 0 aliphatic rings. The van der Waals surface area contributed by atoms with Gasteiger partial charge in [0.2, 0.25) is 11.9 Å². The lowest BCUT2D eigenvalue weighted by atomic mass is 10.0. The summed E-state index contributed by atoms with van der Waals surface area (Å²) in [6.45, 7) is 1.39. The summed E-state index contributed by atoms with van der Waals surface area (Å²) in [5, 5.41) is 16.8. The van der Waals surface area contributed by atoms with Crippen molar-refractivity contribution in [2.45, 2.75) is 19.1 Å². The van der Waals surface area contributed by atoms with Gasteiger partial charge in [0.1, 0.15) is 5.82 Å². The van der Waals surface area contributed by atoms with Crippen molar-refractivity contribution in [3.05, 3.63) is 101 Å². The van der Waals surface area contributed by atoms with Crippen molar-refractivity contribution in [1.29, 1.82) is 0 Å². The molecule has 36 heavy (non-hydrogen) atoms. The van der Waals surface area contributed by atoms with E-state index in [1.807, 2.05) is 30.3 Å². The first-order valence-electron chi connectivity index (χ1n) is 11.4. The second-order valence-electron chi connectivity index (χ2n) is 8.30. The summed E-state index contributed by atoms with van der Waals surface area (Å²) in [6, 6.07) is 17.6. The Bertz CT molecular complexity index is 1390. The predicted molar refractivity (Wildman–Crippen MR) is 136 cm³/mol. The lowest BCUT2D eigenvalue weighted by molar-refractivity contribution is -0.120. The van der Waals surface area contributed by atoms with Gasteiger partial charge in [-0.25, -0.2) is 9.37 Å². The highest BCUT2D eigenvalue weighted by molar-refractivity contribution is 5.80. The number of hydrogen-bond acceptors (Lipinski definition) is 6. The normalized spacial score (nSPS) is 12.6. The smallest absolute Gasteiger partial charge is 0.263 e. The summed E-state index contributed by atoms with van der Waals surface area (Å²) in [4.78, 5) is 34.0. The standard InChI is InChI=1S/C27H26FN5O3/c1-17(34)31-24(19-6-4-3-5-7-19)22(35)16-30-27-32-25(20-12-14-29-15-13-20)23(26(36)33(27)2)18-8-10-21(28)11-9-18/h3-15,22,24,35H,16H2,1-2H3,(H,30,32)(H,31,34)/t22-,24?/m0/s1. The maximum absolute atomic E-state index is 13.5. The molecular weight excluding hydrogens is 461 g/mol. The Labute approximate surface area is 207 Å². The van der Waals surface area contributed by atoms with Gasteiger partial charge in [-0.1, -0.05) is 42.5 Å². The number of benzene rings is 2. The Balaban J connectivity index is 1.70. The molecule has 9 heteroatoms. The van der Waals surface area contributed by atoms with Gasteiger partial charge < -0.3 is 15.7 Å². The van der Waals surface area contributed by atoms with Crippen LogP contribution in [0.3, 0.4) is 0 Å². The van der Waals surface area contributed by atoms with Crippen LogP contribution in [0.4, 0.5) is 10.3 Å². The molecule has 0 aliphatic carbocycles. The van der Waals surface area contributed by atoms with Crippen LogP contribution in [0, 0.1) is 5.82 Å². The molecule has 0 saturated carbocycles. The van der Waals surface area contributed by atoms with Gasteiger partial charge in [0, 0.05) is 38.5 Å². The van der Waals surface area contributed by atoms with Crippen LogP contribution >= 0.6 is 0 Å². The molecule has 0 saturated heterocycles. The van der Waals surface area contributed by atoms with Crippen molar-refractivity contribution in [3.8, 4) is 22.4 Å². The van der Waals surface area contributed by atoms with Crippen LogP contribution in [0.1, 0.15) is 18.5 Å². The summed E-state index contributed by atoms with van der Waals surface area (Å²) >= 11 is 0. The van der Waals surface area contributed by atoms with Gasteiger partial charge >= 0.3 is 0 Å². The van der Waals surface area contributed by atoms with Crippen LogP contribution in [-0.4, -0.2) is 38.2 Å². The first-order chi connectivity index (χ1) is 17.3. The number of nitrogens with one attached hydrogen (secondary N) is 2. The highest BCUT2D eigenvalue weighted by Gasteiger charge is 2.23. The largest absolute Gasteiger partial charge is 0.389 e. The van der Waals surface area contributed by atoms with Crippen LogP contribution in [0.15, 0.2) is 83.9 Å². The van der Waals surface area contributed by atoms with Crippen molar-refractivity contribution in [3.63, 3.8) is 0 Å². The van der Waals surface area contributed by atoms with Gasteiger partial charge in [-0.2, -0.15) is 0 Å². The first-order valence-corrected chi connectivity index (χ1v) is 11.4. The third-order valence-corrected chi connectivity index (χ3v) is 5.75. The van der Waals surface area contributed by atoms with Crippen LogP contribution in [0.25, 0.3) is 22.4 Å². The van der Waals surface area contributed by atoms with Gasteiger partial charge in [-0.05, 0) is 35.4 Å². The number of rotatable bonds is 8. The minimum absolute atomic E-state index is 0.00576. The van der Waals surface area contributed by atoms with E-state index in [2.05, 4.69) is 15.6 Å². The van der Waals surface area contributed by atoms with Crippen LogP contribution in [0.5, 0.6) is 0 Å². The number of aliphatic hydroxyl groups is 1. The highest BCUT2D eigenvalue weighted by Crippen LogP contribution is 2.29. The minimum atomic E-state index is -1.02. The van der Waals surface area contributed by atoms with E-state index >= 15 is 0 Å². The zero-order valence-corrected chi connectivity index (χ0v) is 19.9. The third-order valence-electron chi connectivity index (χ3n) is 5.75. The summed E-state index contributed by atoms with van der Waals surface area (Å²) in [7, 11) is 1.57. The number of hydrogen-bond donors (Lipinski definition) is 3. The van der Waals surface area contributed by atoms with Crippen LogP contribution in [0.2, 0.25) is 0 Å². The molecule has 0 spiro atoms. The van der Waals surface area contributed by atoms with Crippen LogP contribution < -0.4 is 16.2 Å². The molecule has 2 aromatic heterocycles. The Hall–Kier alpha value is -4.37. The van der Waals surface area contributed by atoms with E-state index in [4.69, 9.17) is 4.98 Å². The molecule has 0 radical (unpaired) electrons. The van der Waals surface area contributed by atoms with Crippen molar-refractivity contribution >= 4 is 11.9 Å². The van der Waals surface area contributed by atoms with Crippen LogP contribution in [-0.2, 0) is 11.8 Å². The SMILES string of the molecule is CC(=O)NC(c1ccccc1)[C@@H](O)CNc1nc(-c2ccncc2)c(-c2ccc(F)cc2)c(=O)n1C. The molecule has 0 aliphatic heterocycles. The molecule has 8 nitrogen and oxygen atoms in total. The molecule has 4 aromatic rings. The predicted octanol–water partition coefficient (Wildman–Crippen LogP) is 3.30. The fourth-order valence-electron chi connectivity index (χ4n) is 3.95. The maximum Gasteiger partial charge on any atom is 0.263 e. The number of carbonyl (C=O) groups excluding carboxylic acids is 1. The Kier molecular flexibility index (Phi) is 7.50. The average Bonchev–Trinajstić information content (AvgIpc) is 2.89. The number of aliphatic hydroxyl groups excluding tert-OH is 1. The molecule has 2 aromatic carbocycles. The van der Waals surface area contributed by atoms with Gasteiger partial charge in [0.25, 0.3) is 5.56 Å². The summed E-state index contributed by atoms with van der Waals surface area (Å²) in [5.41, 5.74) is 2.29. The van der Waals surface area contributed by atoms with Crippen molar-refractivity contribution < 1.29 is 14.3 Å². The Morgan fingerprint density at radius 1 is 1.03 bits per heavy atom. The molecule has 1 amide bonds. The van der Waals surface area contributed by atoms with Crippen molar-refractivity contribution in [1.82, 2.24) is 19.9 Å². The fraction of sp³-hybridized carbons (Fsp3) is 0.185. The number of halogens is 1. The molecular formula is C27H26FN5O3. The molecule has 1 unspecified atom stereocenters. The van der Waals surface area contributed by atoms with E-state index in [0.717, 1.165) is 5.56 Å². The van der Waals surface area contributed by atoms with E-state index < -0.39 is 18.0 Å². The third kappa shape index (κ3) is 5.47. The maximum atomic E-state index is 13.5. The number of pyridine rings is 1. The number of amides is 1. The monoisotopic (exact) mass is 487 g/mol.